The van der Waals surface area contributed by atoms with Crippen molar-refractivity contribution in [2.24, 2.45) is 0 Å². The summed E-state index contributed by atoms with van der Waals surface area (Å²) in [6.45, 7) is 4.50. The van der Waals surface area contributed by atoms with E-state index in [1.807, 2.05) is 11.3 Å². The van der Waals surface area contributed by atoms with E-state index < -0.39 is 10.0 Å². The van der Waals surface area contributed by atoms with Crippen molar-refractivity contribution in [1.29, 1.82) is 0 Å². The van der Waals surface area contributed by atoms with E-state index in [1.54, 1.807) is 0 Å². The first kappa shape index (κ1) is 13.0. The van der Waals surface area contributed by atoms with Gasteiger partial charge in [-0.05, 0) is 30.4 Å². The maximum absolute atomic E-state index is 11.0. The molecule has 4 nitrogen and oxygen atoms in total. The molecule has 0 radical (unpaired) electrons. The molecule has 1 unspecified atom stereocenters. The summed E-state index contributed by atoms with van der Waals surface area (Å²) in [5.74, 6) is 0. The Morgan fingerprint density at radius 2 is 2.35 bits per heavy atom. The molecule has 0 spiro atoms. The molecule has 2 heterocycles. The molecule has 1 aliphatic heterocycles. The SMILES string of the molecule is CC(CNS(C)(=O)=O)N1CCc2sccc2C1. The van der Waals surface area contributed by atoms with Gasteiger partial charge in [-0.2, -0.15) is 0 Å². The van der Waals surface area contributed by atoms with Gasteiger partial charge < -0.3 is 0 Å². The Balaban J connectivity index is 1.92. The van der Waals surface area contributed by atoms with Gasteiger partial charge in [-0.3, -0.25) is 4.90 Å². The molecule has 2 rings (SSSR count). The Morgan fingerprint density at radius 1 is 1.59 bits per heavy atom. The topological polar surface area (TPSA) is 49.4 Å². The fraction of sp³-hybridized carbons (Fsp3) is 0.636. The first-order chi connectivity index (χ1) is 7.96. The highest BCUT2D eigenvalue weighted by atomic mass is 32.2. The van der Waals surface area contributed by atoms with Gasteiger partial charge >= 0.3 is 0 Å². The molecule has 1 aromatic rings. The smallest absolute Gasteiger partial charge is 0.208 e. The van der Waals surface area contributed by atoms with Gasteiger partial charge in [-0.25, -0.2) is 13.1 Å². The fourth-order valence-corrected chi connectivity index (χ4v) is 3.48. The first-order valence-electron chi connectivity index (χ1n) is 5.69. The molecule has 1 aromatic heterocycles. The normalized spacial score (nSPS) is 18.9. The number of fused-ring (bicyclic) bond motifs is 1. The van der Waals surface area contributed by atoms with Crippen LogP contribution in [0.3, 0.4) is 0 Å². The second kappa shape index (κ2) is 5.06. The van der Waals surface area contributed by atoms with Gasteiger partial charge in [0.15, 0.2) is 0 Å². The molecule has 0 saturated carbocycles. The Hall–Kier alpha value is -0.430. The molecule has 0 aliphatic carbocycles. The van der Waals surface area contributed by atoms with Crippen LogP contribution in [0, 0.1) is 0 Å². The molecular weight excluding hydrogens is 256 g/mol. The molecule has 17 heavy (non-hydrogen) atoms. The Kier molecular flexibility index (Phi) is 3.87. The second-order valence-corrected chi connectivity index (χ2v) is 7.39. The predicted molar refractivity (Wildman–Crippen MR) is 70.7 cm³/mol. The highest BCUT2D eigenvalue weighted by molar-refractivity contribution is 7.88. The molecule has 0 bridgehead atoms. The van der Waals surface area contributed by atoms with Crippen molar-refractivity contribution in [1.82, 2.24) is 9.62 Å². The van der Waals surface area contributed by atoms with E-state index in [-0.39, 0.29) is 6.04 Å². The second-order valence-electron chi connectivity index (χ2n) is 4.56. The lowest BCUT2D eigenvalue weighted by Gasteiger charge is -2.32. The Labute approximate surface area is 107 Å². The summed E-state index contributed by atoms with van der Waals surface area (Å²) in [6.07, 6.45) is 2.28. The number of sulfonamides is 1. The largest absolute Gasteiger partial charge is 0.295 e. The van der Waals surface area contributed by atoms with Crippen molar-refractivity contribution in [2.75, 3.05) is 19.3 Å². The molecule has 0 fully saturated rings. The van der Waals surface area contributed by atoms with Gasteiger partial charge in [0.05, 0.1) is 6.26 Å². The molecule has 0 aromatic carbocycles. The van der Waals surface area contributed by atoms with Gasteiger partial charge in [-0.1, -0.05) is 0 Å². The van der Waals surface area contributed by atoms with Gasteiger partial charge in [0, 0.05) is 30.6 Å². The molecule has 1 aliphatic rings. The van der Waals surface area contributed by atoms with Crippen molar-refractivity contribution in [3.8, 4) is 0 Å². The van der Waals surface area contributed by atoms with E-state index in [9.17, 15) is 8.42 Å². The van der Waals surface area contributed by atoms with Crippen molar-refractivity contribution in [3.05, 3.63) is 21.9 Å². The minimum atomic E-state index is -3.08. The number of hydrogen-bond acceptors (Lipinski definition) is 4. The molecule has 0 amide bonds. The van der Waals surface area contributed by atoms with Crippen molar-refractivity contribution in [2.45, 2.75) is 25.9 Å². The molecule has 1 N–H and O–H groups in total. The van der Waals surface area contributed by atoms with Gasteiger partial charge in [0.25, 0.3) is 0 Å². The molecule has 1 atom stereocenters. The zero-order valence-corrected chi connectivity index (χ0v) is 11.8. The van der Waals surface area contributed by atoms with E-state index in [0.717, 1.165) is 19.5 Å². The van der Waals surface area contributed by atoms with Crippen LogP contribution in [-0.2, 0) is 23.0 Å². The lowest BCUT2D eigenvalue weighted by atomic mass is 10.1. The van der Waals surface area contributed by atoms with Crippen LogP contribution in [0.2, 0.25) is 0 Å². The van der Waals surface area contributed by atoms with Crippen LogP contribution in [0.15, 0.2) is 11.4 Å². The maximum atomic E-state index is 11.0. The minimum absolute atomic E-state index is 0.234. The van der Waals surface area contributed by atoms with Crippen molar-refractivity contribution in [3.63, 3.8) is 0 Å². The average molecular weight is 274 g/mol. The minimum Gasteiger partial charge on any atom is -0.295 e. The monoisotopic (exact) mass is 274 g/mol. The lowest BCUT2D eigenvalue weighted by Crippen LogP contribution is -2.43. The summed E-state index contributed by atoms with van der Waals surface area (Å²) in [7, 11) is -3.08. The van der Waals surface area contributed by atoms with Crippen LogP contribution in [0.25, 0.3) is 0 Å². The van der Waals surface area contributed by atoms with E-state index >= 15 is 0 Å². The highest BCUT2D eigenvalue weighted by Gasteiger charge is 2.21. The van der Waals surface area contributed by atoms with Gasteiger partial charge in [-0.15, -0.1) is 11.3 Å². The molecule has 0 saturated heterocycles. The van der Waals surface area contributed by atoms with E-state index in [1.165, 1.54) is 16.7 Å². The third kappa shape index (κ3) is 3.51. The van der Waals surface area contributed by atoms with Gasteiger partial charge in [0.1, 0.15) is 0 Å². The lowest BCUT2D eigenvalue weighted by molar-refractivity contribution is 0.193. The van der Waals surface area contributed by atoms with Crippen LogP contribution in [0.5, 0.6) is 0 Å². The zero-order chi connectivity index (χ0) is 12.5. The molecule has 6 heteroatoms. The number of thiophene rings is 1. The van der Waals surface area contributed by atoms with Crippen molar-refractivity contribution < 1.29 is 8.42 Å². The van der Waals surface area contributed by atoms with Crippen LogP contribution in [-0.4, -0.2) is 38.7 Å². The van der Waals surface area contributed by atoms with Gasteiger partial charge in [0.2, 0.25) is 10.0 Å². The van der Waals surface area contributed by atoms with E-state index in [0.29, 0.717) is 6.54 Å². The van der Waals surface area contributed by atoms with Crippen LogP contribution in [0.4, 0.5) is 0 Å². The van der Waals surface area contributed by atoms with Crippen molar-refractivity contribution >= 4 is 21.4 Å². The number of hydrogen-bond donors (Lipinski definition) is 1. The summed E-state index contributed by atoms with van der Waals surface area (Å²) in [5, 5.41) is 2.13. The fourth-order valence-electron chi connectivity index (χ4n) is 2.05. The summed E-state index contributed by atoms with van der Waals surface area (Å²) < 4.78 is 24.7. The van der Waals surface area contributed by atoms with E-state index in [2.05, 4.69) is 28.0 Å². The zero-order valence-electron chi connectivity index (χ0n) is 10.1. The Morgan fingerprint density at radius 3 is 3.06 bits per heavy atom. The van der Waals surface area contributed by atoms with Crippen LogP contribution in [0.1, 0.15) is 17.4 Å². The highest BCUT2D eigenvalue weighted by Crippen LogP contribution is 2.24. The predicted octanol–water partition coefficient (Wildman–Crippen LogP) is 1.04. The quantitative estimate of drug-likeness (QED) is 0.892. The average Bonchev–Trinajstić information content (AvgIpc) is 2.71. The number of rotatable bonds is 4. The summed E-state index contributed by atoms with van der Waals surface area (Å²) in [6, 6.07) is 2.40. The molecular formula is C11H18N2O2S2. The van der Waals surface area contributed by atoms with Crippen LogP contribution >= 0.6 is 11.3 Å². The standard InChI is InChI=1S/C11H18N2O2S2/c1-9(7-12-17(2,14)15)13-5-3-11-10(8-13)4-6-16-11/h4,6,9,12H,3,5,7-8H2,1-2H3. The third-order valence-corrected chi connectivity index (χ3v) is 4.82. The maximum Gasteiger partial charge on any atom is 0.208 e. The third-order valence-electron chi connectivity index (χ3n) is 3.10. The Bertz CT molecular complexity index is 481. The number of nitrogens with one attached hydrogen (secondary N) is 1. The van der Waals surface area contributed by atoms with Crippen LogP contribution < -0.4 is 4.72 Å². The van der Waals surface area contributed by atoms with E-state index in [4.69, 9.17) is 0 Å². The summed E-state index contributed by atoms with van der Waals surface area (Å²) in [5.41, 5.74) is 1.40. The number of nitrogens with zero attached hydrogens (tertiary/aromatic N) is 1. The summed E-state index contributed by atoms with van der Waals surface area (Å²) >= 11 is 1.82. The summed E-state index contributed by atoms with van der Waals surface area (Å²) in [4.78, 5) is 3.80. The first-order valence-corrected chi connectivity index (χ1v) is 8.47. The molecule has 96 valence electrons.